The summed E-state index contributed by atoms with van der Waals surface area (Å²) >= 11 is 3.41. The predicted molar refractivity (Wildman–Crippen MR) is 82.6 cm³/mol. The lowest BCUT2D eigenvalue weighted by Crippen LogP contribution is -2.19. The Balaban J connectivity index is 2.52. The number of nitrogens with one attached hydrogen (secondary N) is 1. The monoisotopic (exact) mass is 355 g/mol. The molecule has 1 unspecified atom stereocenters. The van der Waals surface area contributed by atoms with Crippen molar-refractivity contribution in [3.8, 4) is 5.75 Å². The fourth-order valence-electron chi connectivity index (χ4n) is 2.28. The van der Waals surface area contributed by atoms with E-state index in [1.807, 2.05) is 25.1 Å². The first-order chi connectivity index (χ1) is 10.0. The van der Waals surface area contributed by atoms with E-state index in [1.165, 1.54) is 12.1 Å². The van der Waals surface area contributed by atoms with Crippen molar-refractivity contribution in [2.75, 3.05) is 13.7 Å². The van der Waals surface area contributed by atoms with E-state index in [0.717, 1.165) is 16.1 Å². The second-order valence-corrected chi connectivity index (χ2v) is 5.46. The second kappa shape index (κ2) is 7.00. The van der Waals surface area contributed by atoms with Gasteiger partial charge in [0, 0.05) is 16.1 Å². The lowest BCUT2D eigenvalue weighted by atomic mass is 9.97. The van der Waals surface area contributed by atoms with Crippen LogP contribution in [0.2, 0.25) is 0 Å². The van der Waals surface area contributed by atoms with E-state index in [0.29, 0.717) is 17.9 Å². The van der Waals surface area contributed by atoms with Crippen LogP contribution in [-0.2, 0) is 0 Å². The van der Waals surface area contributed by atoms with Crippen molar-refractivity contribution in [2.45, 2.75) is 13.0 Å². The highest BCUT2D eigenvalue weighted by atomic mass is 79.9. The second-order valence-electron chi connectivity index (χ2n) is 4.54. The molecule has 0 aliphatic rings. The zero-order valence-corrected chi connectivity index (χ0v) is 13.4. The number of hydrogen-bond donors (Lipinski definition) is 1. The van der Waals surface area contributed by atoms with Crippen LogP contribution in [0.15, 0.2) is 40.9 Å². The van der Waals surface area contributed by atoms with Gasteiger partial charge in [0.2, 0.25) is 0 Å². The molecule has 0 fully saturated rings. The largest absolute Gasteiger partial charge is 0.494 e. The van der Waals surface area contributed by atoms with Crippen LogP contribution in [0.25, 0.3) is 0 Å². The molecule has 2 aromatic carbocycles. The quantitative estimate of drug-likeness (QED) is 0.856. The summed E-state index contributed by atoms with van der Waals surface area (Å²) in [5, 5.41) is 3.08. The van der Waals surface area contributed by atoms with Crippen molar-refractivity contribution in [2.24, 2.45) is 0 Å². The Morgan fingerprint density at radius 2 is 1.81 bits per heavy atom. The third-order valence-corrected chi connectivity index (χ3v) is 3.58. The summed E-state index contributed by atoms with van der Waals surface area (Å²) in [5.74, 6) is -0.513. The molecule has 0 heterocycles. The fourth-order valence-corrected chi connectivity index (χ4v) is 2.65. The van der Waals surface area contributed by atoms with E-state index in [-0.39, 0.29) is 6.04 Å². The molecule has 0 amide bonds. The van der Waals surface area contributed by atoms with Crippen LogP contribution >= 0.6 is 15.9 Å². The first-order valence-corrected chi connectivity index (χ1v) is 7.40. The normalized spacial score (nSPS) is 12.2. The van der Waals surface area contributed by atoms with E-state index < -0.39 is 11.6 Å². The Hall–Kier alpha value is -1.46. The summed E-state index contributed by atoms with van der Waals surface area (Å²) in [4.78, 5) is 0. The van der Waals surface area contributed by atoms with Gasteiger partial charge >= 0.3 is 0 Å². The first-order valence-electron chi connectivity index (χ1n) is 6.60. The van der Waals surface area contributed by atoms with Crippen molar-refractivity contribution in [3.63, 3.8) is 0 Å². The molecule has 1 N–H and O–H groups in total. The van der Waals surface area contributed by atoms with Gasteiger partial charge in [0.25, 0.3) is 0 Å². The van der Waals surface area contributed by atoms with Crippen molar-refractivity contribution in [1.29, 1.82) is 0 Å². The van der Waals surface area contributed by atoms with Gasteiger partial charge in [-0.1, -0.05) is 15.9 Å². The minimum Gasteiger partial charge on any atom is -0.494 e. The molecule has 2 rings (SSSR count). The standard InChI is InChI=1S/C16H16BrF2NO/c1-3-21-15-5-4-11(17)8-14(15)16(20-2)10-6-12(18)9-13(19)7-10/h4-9,16,20H,3H2,1-2H3. The molecule has 0 radical (unpaired) electrons. The van der Waals surface area contributed by atoms with Gasteiger partial charge in [0.05, 0.1) is 12.6 Å². The van der Waals surface area contributed by atoms with E-state index >= 15 is 0 Å². The predicted octanol–water partition coefficient (Wildman–Crippen LogP) is 4.43. The van der Waals surface area contributed by atoms with E-state index in [2.05, 4.69) is 21.2 Å². The van der Waals surface area contributed by atoms with E-state index in [4.69, 9.17) is 4.74 Å². The lowest BCUT2D eigenvalue weighted by molar-refractivity contribution is 0.334. The molecule has 2 aromatic rings. The Labute approximate surface area is 131 Å². The van der Waals surface area contributed by atoms with Crippen molar-refractivity contribution < 1.29 is 13.5 Å². The number of hydrogen-bond acceptors (Lipinski definition) is 2. The van der Waals surface area contributed by atoms with Gasteiger partial charge in [-0.25, -0.2) is 8.78 Å². The average molecular weight is 356 g/mol. The molecule has 112 valence electrons. The third-order valence-electron chi connectivity index (χ3n) is 3.09. The Kier molecular flexibility index (Phi) is 5.31. The highest BCUT2D eigenvalue weighted by Gasteiger charge is 2.18. The smallest absolute Gasteiger partial charge is 0.126 e. The summed E-state index contributed by atoms with van der Waals surface area (Å²) < 4.78 is 33.4. The highest BCUT2D eigenvalue weighted by Crippen LogP contribution is 2.33. The zero-order valence-electron chi connectivity index (χ0n) is 11.8. The molecule has 0 bridgehead atoms. The van der Waals surface area contributed by atoms with Crippen molar-refractivity contribution >= 4 is 15.9 Å². The van der Waals surface area contributed by atoms with Gasteiger partial charge in [-0.2, -0.15) is 0 Å². The average Bonchev–Trinajstić information content (AvgIpc) is 2.41. The van der Waals surface area contributed by atoms with Gasteiger partial charge in [-0.05, 0) is 49.9 Å². The van der Waals surface area contributed by atoms with Crippen LogP contribution < -0.4 is 10.1 Å². The molecule has 21 heavy (non-hydrogen) atoms. The molecule has 0 saturated carbocycles. The van der Waals surface area contributed by atoms with Crippen LogP contribution in [0.5, 0.6) is 5.75 Å². The minimum absolute atomic E-state index is 0.366. The third kappa shape index (κ3) is 3.80. The summed E-state index contributed by atoms with van der Waals surface area (Å²) in [7, 11) is 1.74. The molecule has 0 saturated heterocycles. The van der Waals surface area contributed by atoms with Gasteiger partial charge in [0.1, 0.15) is 17.4 Å². The van der Waals surface area contributed by atoms with Gasteiger partial charge in [0.15, 0.2) is 0 Å². The summed E-state index contributed by atoms with van der Waals surface area (Å²) in [6, 6.07) is 8.72. The van der Waals surface area contributed by atoms with E-state index in [9.17, 15) is 8.78 Å². The van der Waals surface area contributed by atoms with Crippen LogP contribution in [-0.4, -0.2) is 13.7 Å². The molecule has 0 spiro atoms. The topological polar surface area (TPSA) is 21.3 Å². The summed E-state index contributed by atoms with van der Waals surface area (Å²) in [6.45, 7) is 2.41. The highest BCUT2D eigenvalue weighted by molar-refractivity contribution is 9.10. The van der Waals surface area contributed by atoms with Crippen LogP contribution in [0, 0.1) is 11.6 Å². The van der Waals surface area contributed by atoms with Gasteiger partial charge < -0.3 is 10.1 Å². The number of benzene rings is 2. The van der Waals surface area contributed by atoms with Crippen LogP contribution in [0.3, 0.4) is 0 Å². The summed E-state index contributed by atoms with van der Waals surface area (Å²) in [5.41, 5.74) is 1.33. The number of halogens is 3. The molecular weight excluding hydrogens is 340 g/mol. The fraction of sp³-hybridized carbons (Fsp3) is 0.250. The van der Waals surface area contributed by atoms with Gasteiger partial charge in [-0.3, -0.25) is 0 Å². The van der Waals surface area contributed by atoms with Crippen LogP contribution in [0.4, 0.5) is 8.78 Å². The van der Waals surface area contributed by atoms with E-state index in [1.54, 1.807) is 7.05 Å². The Bertz CT molecular complexity index is 613. The molecule has 2 nitrogen and oxygen atoms in total. The molecule has 5 heteroatoms. The summed E-state index contributed by atoms with van der Waals surface area (Å²) in [6.07, 6.45) is 0. The SMILES string of the molecule is CCOc1ccc(Br)cc1C(NC)c1cc(F)cc(F)c1. The van der Waals surface area contributed by atoms with Crippen molar-refractivity contribution in [1.82, 2.24) is 5.32 Å². The Morgan fingerprint density at radius 3 is 2.38 bits per heavy atom. The molecule has 1 atom stereocenters. The maximum atomic E-state index is 13.5. The number of ether oxygens (including phenoxy) is 1. The lowest BCUT2D eigenvalue weighted by Gasteiger charge is -2.21. The zero-order chi connectivity index (χ0) is 15.4. The number of rotatable bonds is 5. The maximum Gasteiger partial charge on any atom is 0.126 e. The minimum atomic E-state index is -0.599. The van der Waals surface area contributed by atoms with Crippen LogP contribution in [0.1, 0.15) is 24.1 Å². The first kappa shape index (κ1) is 15.9. The molecule has 0 aliphatic heterocycles. The molecular formula is C16H16BrF2NO. The molecule has 0 aromatic heterocycles. The molecule has 0 aliphatic carbocycles. The van der Waals surface area contributed by atoms with Gasteiger partial charge in [-0.15, -0.1) is 0 Å². The maximum absolute atomic E-state index is 13.5. The van der Waals surface area contributed by atoms with Crippen molar-refractivity contribution in [3.05, 3.63) is 63.6 Å². The Morgan fingerprint density at radius 1 is 1.14 bits per heavy atom.